The van der Waals surface area contributed by atoms with E-state index in [2.05, 4.69) is 15.3 Å². The molecule has 9 heteroatoms. The molecule has 2 aromatic heterocycles. The lowest BCUT2D eigenvalue weighted by Crippen LogP contribution is -2.35. The van der Waals surface area contributed by atoms with Gasteiger partial charge < -0.3 is 5.32 Å². The van der Waals surface area contributed by atoms with Gasteiger partial charge in [0, 0.05) is 44.6 Å². The molecule has 0 atom stereocenters. The summed E-state index contributed by atoms with van der Waals surface area (Å²) in [5.74, 6) is 0.706. The number of imidazole rings is 1. The van der Waals surface area contributed by atoms with Gasteiger partial charge in [0.2, 0.25) is 15.9 Å². The highest BCUT2D eigenvalue weighted by molar-refractivity contribution is 7.89. The fourth-order valence-electron chi connectivity index (χ4n) is 3.70. The average molecular weight is 454 g/mol. The van der Waals surface area contributed by atoms with Crippen LogP contribution in [-0.4, -0.2) is 46.3 Å². The van der Waals surface area contributed by atoms with Crippen LogP contribution in [0.4, 0.5) is 0 Å². The van der Waals surface area contributed by atoms with Crippen molar-refractivity contribution in [2.45, 2.75) is 43.5 Å². The van der Waals surface area contributed by atoms with Crippen LogP contribution in [0.25, 0.3) is 5.82 Å². The number of hydrogen-bond donors (Lipinski definition) is 1. The molecule has 0 unspecified atom stereocenters. The summed E-state index contributed by atoms with van der Waals surface area (Å²) >= 11 is 0. The summed E-state index contributed by atoms with van der Waals surface area (Å²) in [6.45, 7) is 1.58. The smallest absolute Gasteiger partial charge is 0.243 e. The summed E-state index contributed by atoms with van der Waals surface area (Å²) < 4.78 is 28.8. The molecule has 8 nitrogen and oxygen atoms in total. The van der Waals surface area contributed by atoms with Gasteiger partial charge in [0.1, 0.15) is 12.1 Å². The Morgan fingerprint density at radius 3 is 2.41 bits per heavy atom. The SMILES string of the molecule is O=C(CCc1ccc(S(=O)(=O)N2CCCCC2)cc1)NCc1ccc(-n2ccnc2)nc1. The van der Waals surface area contributed by atoms with E-state index in [-0.39, 0.29) is 5.91 Å². The zero-order valence-electron chi connectivity index (χ0n) is 17.9. The minimum absolute atomic E-state index is 0.0614. The first-order chi connectivity index (χ1) is 15.5. The van der Waals surface area contributed by atoms with Crippen molar-refractivity contribution in [3.05, 3.63) is 72.4 Å². The topological polar surface area (TPSA) is 97.2 Å². The van der Waals surface area contributed by atoms with Gasteiger partial charge >= 0.3 is 0 Å². The van der Waals surface area contributed by atoms with Crippen molar-refractivity contribution >= 4 is 15.9 Å². The van der Waals surface area contributed by atoms with Crippen LogP contribution in [0, 0.1) is 0 Å². The molecule has 168 valence electrons. The summed E-state index contributed by atoms with van der Waals surface area (Å²) in [5.41, 5.74) is 1.85. The Morgan fingerprint density at radius 2 is 1.75 bits per heavy atom. The minimum atomic E-state index is -3.42. The Hall–Kier alpha value is -3.04. The molecule has 1 saturated heterocycles. The third kappa shape index (κ3) is 5.41. The molecule has 0 radical (unpaired) electrons. The maximum absolute atomic E-state index is 12.7. The zero-order valence-corrected chi connectivity index (χ0v) is 18.7. The van der Waals surface area contributed by atoms with Crippen LogP contribution in [0.3, 0.4) is 0 Å². The van der Waals surface area contributed by atoms with Crippen LogP contribution in [0.2, 0.25) is 0 Å². The van der Waals surface area contributed by atoms with E-state index in [0.29, 0.717) is 37.4 Å². The Morgan fingerprint density at radius 1 is 1.00 bits per heavy atom. The Labute approximate surface area is 188 Å². The van der Waals surface area contributed by atoms with Crippen LogP contribution in [0.5, 0.6) is 0 Å². The van der Waals surface area contributed by atoms with Gasteiger partial charge in [-0.25, -0.2) is 18.4 Å². The molecule has 32 heavy (non-hydrogen) atoms. The first kappa shape index (κ1) is 22.2. The van der Waals surface area contributed by atoms with Crippen LogP contribution in [0.15, 0.2) is 66.2 Å². The van der Waals surface area contributed by atoms with Crippen LogP contribution < -0.4 is 5.32 Å². The van der Waals surface area contributed by atoms with Gasteiger partial charge in [-0.05, 0) is 48.6 Å². The van der Waals surface area contributed by atoms with Crippen molar-refractivity contribution in [3.8, 4) is 5.82 Å². The van der Waals surface area contributed by atoms with Gasteiger partial charge in [-0.2, -0.15) is 4.31 Å². The highest BCUT2D eigenvalue weighted by atomic mass is 32.2. The number of benzene rings is 1. The average Bonchev–Trinajstić information content (AvgIpc) is 3.38. The number of carbonyl (C=O) groups is 1. The third-order valence-electron chi connectivity index (χ3n) is 5.58. The summed E-state index contributed by atoms with van der Waals surface area (Å²) in [4.78, 5) is 20.9. The van der Waals surface area contributed by atoms with E-state index in [4.69, 9.17) is 0 Å². The lowest BCUT2D eigenvalue weighted by atomic mass is 10.1. The molecule has 1 aliphatic heterocycles. The second-order valence-corrected chi connectivity index (χ2v) is 9.82. The molecule has 0 bridgehead atoms. The Balaban J connectivity index is 1.25. The van der Waals surface area contributed by atoms with E-state index in [1.807, 2.05) is 22.9 Å². The Kier molecular flexibility index (Phi) is 6.96. The van der Waals surface area contributed by atoms with E-state index in [1.54, 1.807) is 47.3 Å². The van der Waals surface area contributed by atoms with E-state index >= 15 is 0 Å². The molecule has 1 amide bonds. The number of nitrogens with zero attached hydrogens (tertiary/aromatic N) is 4. The molecule has 0 aliphatic carbocycles. The maximum atomic E-state index is 12.7. The van der Waals surface area contributed by atoms with Gasteiger partial charge in [0.05, 0.1) is 4.90 Å². The van der Waals surface area contributed by atoms with Gasteiger partial charge in [0.15, 0.2) is 0 Å². The fraction of sp³-hybridized carbons (Fsp3) is 0.348. The predicted octanol–water partition coefficient (Wildman–Crippen LogP) is 2.69. The van der Waals surface area contributed by atoms with E-state index in [1.165, 1.54) is 0 Å². The molecular weight excluding hydrogens is 426 g/mol. The summed E-state index contributed by atoms with van der Waals surface area (Å²) in [6, 6.07) is 10.7. The van der Waals surface area contributed by atoms with Crippen molar-refractivity contribution < 1.29 is 13.2 Å². The Bertz CT molecular complexity index is 1120. The molecule has 4 rings (SSSR count). The second-order valence-electron chi connectivity index (χ2n) is 7.88. The summed E-state index contributed by atoms with van der Waals surface area (Å²) in [5, 5.41) is 2.90. The number of pyridine rings is 1. The van der Waals surface area contributed by atoms with Gasteiger partial charge in [0.25, 0.3) is 0 Å². The minimum Gasteiger partial charge on any atom is -0.352 e. The number of hydrogen-bond acceptors (Lipinski definition) is 5. The highest BCUT2D eigenvalue weighted by Gasteiger charge is 2.25. The number of aromatic nitrogens is 3. The quantitative estimate of drug-likeness (QED) is 0.566. The van der Waals surface area contributed by atoms with Gasteiger partial charge in [-0.15, -0.1) is 0 Å². The molecule has 1 aromatic carbocycles. The number of nitrogens with one attached hydrogen (secondary N) is 1. The van der Waals surface area contributed by atoms with Crippen molar-refractivity contribution in [1.29, 1.82) is 0 Å². The van der Waals surface area contributed by atoms with Crippen molar-refractivity contribution in [1.82, 2.24) is 24.2 Å². The fourth-order valence-corrected chi connectivity index (χ4v) is 5.22. The van der Waals surface area contributed by atoms with Crippen LogP contribution in [0.1, 0.15) is 36.8 Å². The molecule has 1 aliphatic rings. The standard InChI is InChI=1S/C23H27N5O3S/c29-23(26-17-20-6-10-22(25-16-20)27-15-12-24-18-27)11-7-19-4-8-21(9-5-19)32(30,31)28-13-2-1-3-14-28/h4-6,8-10,12,15-16,18H,1-3,7,11,13-14,17H2,(H,26,29). The number of amides is 1. The number of carbonyl (C=O) groups excluding carboxylic acids is 1. The van der Waals surface area contributed by atoms with E-state index in [0.717, 1.165) is 36.2 Å². The predicted molar refractivity (Wildman–Crippen MR) is 121 cm³/mol. The second kappa shape index (κ2) is 10.1. The molecule has 0 saturated carbocycles. The molecule has 3 heterocycles. The largest absolute Gasteiger partial charge is 0.352 e. The lowest BCUT2D eigenvalue weighted by Gasteiger charge is -2.25. The van der Waals surface area contributed by atoms with Crippen LogP contribution in [-0.2, 0) is 27.8 Å². The molecule has 3 aromatic rings. The molecular formula is C23H27N5O3S. The van der Waals surface area contributed by atoms with Gasteiger partial charge in [-0.3, -0.25) is 9.36 Å². The normalized spacial score (nSPS) is 14.9. The zero-order chi connectivity index (χ0) is 22.4. The molecule has 1 N–H and O–H groups in total. The number of sulfonamides is 1. The summed E-state index contributed by atoms with van der Waals surface area (Å²) in [6.07, 6.45) is 10.7. The lowest BCUT2D eigenvalue weighted by molar-refractivity contribution is -0.121. The van der Waals surface area contributed by atoms with E-state index in [9.17, 15) is 13.2 Å². The monoisotopic (exact) mass is 453 g/mol. The maximum Gasteiger partial charge on any atom is 0.243 e. The first-order valence-electron chi connectivity index (χ1n) is 10.8. The molecule has 0 spiro atoms. The van der Waals surface area contributed by atoms with Crippen LogP contribution >= 0.6 is 0 Å². The highest BCUT2D eigenvalue weighted by Crippen LogP contribution is 2.21. The van der Waals surface area contributed by atoms with Crippen molar-refractivity contribution in [2.24, 2.45) is 0 Å². The van der Waals surface area contributed by atoms with Crippen molar-refractivity contribution in [3.63, 3.8) is 0 Å². The number of rotatable bonds is 8. The van der Waals surface area contributed by atoms with E-state index < -0.39 is 10.0 Å². The third-order valence-corrected chi connectivity index (χ3v) is 7.50. The summed E-state index contributed by atoms with van der Waals surface area (Å²) in [7, 11) is -3.42. The van der Waals surface area contributed by atoms with Gasteiger partial charge in [-0.1, -0.05) is 24.6 Å². The first-order valence-corrected chi connectivity index (χ1v) is 12.3. The number of aryl methyl sites for hydroxylation is 1. The molecule has 1 fully saturated rings. The van der Waals surface area contributed by atoms with Crippen molar-refractivity contribution in [2.75, 3.05) is 13.1 Å². The number of piperidine rings is 1.